The van der Waals surface area contributed by atoms with Gasteiger partial charge in [0.25, 0.3) is 5.91 Å². The lowest BCUT2D eigenvalue weighted by atomic mass is 9.89. The third-order valence-corrected chi connectivity index (χ3v) is 7.12. The molecule has 178 valence electrons. The molecule has 8 nitrogen and oxygen atoms in total. The summed E-state index contributed by atoms with van der Waals surface area (Å²) in [6.07, 6.45) is 8.82. The summed E-state index contributed by atoms with van der Waals surface area (Å²) >= 11 is 0. The molecule has 0 bridgehead atoms. The second-order valence-corrected chi connectivity index (χ2v) is 9.76. The summed E-state index contributed by atoms with van der Waals surface area (Å²) in [7, 11) is 1.31. The quantitative estimate of drug-likeness (QED) is 0.502. The smallest absolute Gasteiger partial charge is 0.325 e. The van der Waals surface area contributed by atoms with Gasteiger partial charge in [0, 0.05) is 41.5 Å². The average Bonchev–Trinajstić information content (AvgIpc) is 3.58. The van der Waals surface area contributed by atoms with Crippen LogP contribution in [0.5, 0.6) is 0 Å². The van der Waals surface area contributed by atoms with Crippen molar-refractivity contribution in [2.45, 2.75) is 45.7 Å². The number of aromatic nitrogens is 3. The minimum absolute atomic E-state index is 0.0924. The highest BCUT2D eigenvalue weighted by molar-refractivity contribution is 6.01. The van der Waals surface area contributed by atoms with Gasteiger partial charge >= 0.3 is 5.97 Å². The zero-order valence-corrected chi connectivity index (χ0v) is 20.0. The van der Waals surface area contributed by atoms with Crippen LogP contribution in [0, 0.1) is 16.7 Å². The monoisotopic (exact) mass is 469 g/mol. The van der Waals surface area contributed by atoms with Crippen molar-refractivity contribution >= 4 is 11.9 Å². The van der Waals surface area contributed by atoms with Gasteiger partial charge < -0.3 is 9.64 Å². The Balaban J connectivity index is 1.49. The van der Waals surface area contributed by atoms with Gasteiger partial charge in [0.05, 0.1) is 19.0 Å². The molecule has 0 atom stereocenters. The van der Waals surface area contributed by atoms with Crippen LogP contribution in [-0.2, 0) is 22.6 Å². The molecule has 1 amide bonds. The molecule has 0 spiro atoms. The van der Waals surface area contributed by atoms with E-state index in [2.05, 4.69) is 23.1 Å². The van der Waals surface area contributed by atoms with Crippen molar-refractivity contribution in [2.75, 3.05) is 13.7 Å². The summed E-state index contributed by atoms with van der Waals surface area (Å²) < 4.78 is 6.71. The number of rotatable bonds is 6. The summed E-state index contributed by atoms with van der Waals surface area (Å²) in [4.78, 5) is 30.7. The first kappa shape index (κ1) is 22.8. The number of ether oxygens (including phenoxy) is 1. The second-order valence-electron chi connectivity index (χ2n) is 9.76. The molecule has 1 fully saturated rings. The predicted octanol–water partition coefficient (Wildman–Crippen LogP) is 4.19. The Morgan fingerprint density at radius 1 is 1.17 bits per heavy atom. The first-order valence-corrected chi connectivity index (χ1v) is 11.8. The Bertz CT molecular complexity index is 1350. The van der Waals surface area contributed by atoms with Crippen LogP contribution >= 0.6 is 0 Å². The van der Waals surface area contributed by atoms with Gasteiger partial charge in [-0.2, -0.15) is 10.4 Å². The van der Waals surface area contributed by atoms with E-state index in [4.69, 9.17) is 4.74 Å². The molecule has 1 aromatic carbocycles. The second kappa shape index (κ2) is 8.99. The van der Waals surface area contributed by atoms with Crippen LogP contribution in [0.1, 0.15) is 54.2 Å². The molecule has 3 heterocycles. The maximum atomic E-state index is 12.9. The average molecular weight is 470 g/mol. The van der Waals surface area contributed by atoms with Gasteiger partial charge in [-0.1, -0.05) is 31.9 Å². The van der Waals surface area contributed by atoms with Gasteiger partial charge in [-0.05, 0) is 42.0 Å². The van der Waals surface area contributed by atoms with Crippen LogP contribution in [-0.4, -0.2) is 45.2 Å². The third-order valence-electron chi connectivity index (χ3n) is 7.12. The number of nitriles is 1. The maximum absolute atomic E-state index is 12.9. The lowest BCUT2D eigenvalue weighted by molar-refractivity contribution is -0.141. The molecular formula is C27H27N5O3. The van der Waals surface area contributed by atoms with Gasteiger partial charge in [0.2, 0.25) is 0 Å². The number of carbonyl (C=O) groups is 2. The van der Waals surface area contributed by atoms with Crippen LogP contribution in [0.15, 0.2) is 42.7 Å². The van der Waals surface area contributed by atoms with E-state index in [1.165, 1.54) is 37.7 Å². The highest BCUT2D eigenvalue weighted by atomic mass is 16.5. The van der Waals surface area contributed by atoms with Crippen LogP contribution in [0.2, 0.25) is 0 Å². The topological polar surface area (TPSA) is 101 Å². The zero-order chi connectivity index (χ0) is 24.6. The Hall–Kier alpha value is -3.99. The predicted molar refractivity (Wildman–Crippen MR) is 129 cm³/mol. The standard InChI is InChI=1S/C27H27N5O3/c1-27(9-3-4-10-27)17-32-15-20(13-29-32)22-8-7-21(12-28)30-25(22)18-5-6-19-14-31(16-24(33)35-2)26(34)23(19)11-18/h5-8,11,13,15H,3-4,9-10,14,16-17H2,1-2H3. The number of esters is 1. The van der Waals surface area contributed by atoms with Crippen molar-refractivity contribution in [1.29, 1.82) is 5.26 Å². The van der Waals surface area contributed by atoms with E-state index in [1.54, 1.807) is 12.1 Å². The molecule has 0 saturated heterocycles. The fourth-order valence-corrected chi connectivity index (χ4v) is 5.20. The van der Waals surface area contributed by atoms with E-state index in [1.807, 2.05) is 35.3 Å². The van der Waals surface area contributed by atoms with Gasteiger partial charge in [-0.3, -0.25) is 14.3 Å². The number of pyridine rings is 1. The Labute approximate surface area is 204 Å². The first-order valence-electron chi connectivity index (χ1n) is 11.8. The van der Waals surface area contributed by atoms with Crippen molar-refractivity contribution in [3.05, 3.63) is 59.5 Å². The molecule has 8 heteroatoms. The number of hydrogen-bond donors (Lipinski definition) is 0. The number of fused-ring (bicyclic) bond motifs is 1. The Morgan fingerprint density at radius 3 is 2.71 bits per heavy atom. The first-order chi connectivity index (χ1) is 16.9. The molecule has 2 aliphatic rings. The highest BCUT2D eigenvalue weighted by Gasteiger charge is 2.31. The molecule has 5 rings (SSSR count). The molecule has 0 unspecified atom stereocenters. The summed E-state index contributed by atoms with van der Waals surface area (Å²) in [5.74, 6) is -0.677. The van der Waals surface area contributed by atoms with E-state index in [9.17, 15) is 14.9 Å². The molecule has 1 aliphatic carbocycles. The van der Waals surface area contributed by atoms with Gasteiger partial charge in [0.15, 0.2) is 0 Å². The van der Waals surface area contributed by atoms with Crippen molar-refractivity contribution in [3.8, 4) is 28.5 Å². The zero-order valence-electron chi connectivity index (χ0n) is 20.0. The van der Waals surface area contributed by atoms with Crippen molar-refractivity contribution in [1.82, 2.24) is 19.7 Å². The largest absolute Gasteiger partial charge is 0.468 e. The number of benzene rings is 1. The van der Waals surface area contributed by atoms with E-state index >= 15 is 0 Å². The lowest BCUT2D eigenvalue weighted by Gasteiger charge is -2.22. The van der Waals surface area contributed by atoms with Crippen LogP contribution in [0.4, 0.5) is 0 Å². The van der Waals surface area contributed by atoms with E-state index < -0.39 is 5.97 Å². The third kappa shape index (κ3) is 4.42. The van der Waals surface area contributed by atoms with Crippen molar-refractivity contribution in [3.63, 3.8) is 0 Å². The summed E-state index contributed by atoms with van der Waals surface area (Å²) in [5.41, 5.74) is 5.07. The number of nitrogens with zero attached hydrogens (tertiary/aromatic N) is 5. The summed E-state index contributed by atoms with van der Waals surface area (Å²) in [6.45, 7) is 3.45. The SMILES string of the molecule is COC(=O)CN1Cc2ccc(-c3nc(C#N)ccc3-c3cnn(CC4(C)CCCC4)c3)cc2C1=O. The molecule has 35 heavy (non-hydrogen) atoms. The Morgan fingerprint density at radius 2 is 1.97 bits per heavy atom. The van der Waals surface area contributed by atoms with Gasteiger partial charge in [0.1, 0.15) is 18.3 Å². The van der Waals surface area contributed by atoms with E-state index in [0.717, 1.165) is 28.8 Å². The normalized spacial score (nSPS) is 16.3. The summed E-state index contributed by atoms with van der Waals surface area (Å²) in [6, 6.07) is 11.3. The van der Waals surface area contributed by atoms with Gasteiger partial charge in [-0.25, -0.2) is 4.98 Å². The molecule has 1 saturated carbocycles. The molecule has 2 aromatic heterocycles. The van der Waals surface area contributed by atoms with Crippen molar-refractivity contribution in [2.24, 2.45) is 5.41 Å². The van der Waals surface area contributed by atoms with Crippen LogP contribution < -0.4 is 0 Å². The van der Waals surface area contributed by atoms with Crippen molar-refractivity contribution < 1.29 is 14.3 Å². The van der Waals surface area contributed by atoms with Gasteiger partial charge in [-0.15, -0.1) is 0 Å². The number of methoxy groups -OCH3 is 1. The number of amides is 1. The number of carbonyl (C=O) groups excluding carboxylic acids is 2. The lowest BCUT2D eigenvalue weighted by Crippen LogP contribution is -2.30. The minimum Gasteiger partial charge on any atom is -0.468 e. The number of hydrogen-bond acceptors (Lipinski definition) is 6. The summed E-state index contributed by atoms with van der Waals surface area (Å²) in [5, 5.41) is 14.1. The minimum atomic E-state index is -0.458. The van der Waals surface area contributed by atoms with E-state index in [-0.39, 0.29) is 17.9 Å². The van der Waals surface area contributed by atoms with Crippen LogP contribution in [0.25, 0.3) is 22.4 Å². The molecule has 1 aliphatic heterocycles. The maximum Gasteiger partial charge on any atom is 0.325 e. The van der Waals surface area contributed by atoms with E-state index in [0.29, 0.717) is 23.5 Å². The molecular weight excluding hydrogens is 442 g/mol. The Kier molecular flexibility index (Phi) is 5.85. The highest BCUT2D eigenvalue weighted by Crippen LogP contribution is 2.39. The molecule has 3 aromatic rings. The molecule has 0 radical (unpaired) electrons. The van der Waals surface area contributed by atoms with Crippen LogP contribution in [0.3, 0.4) is 0 Å². The molecule has 0 N–H and O–H groups in total. The fourth-order valence-electron chi connectivity index (χ4n) is 5.20. The fraction of sp³-hybridized carbons (Fsp3) is 0.370.